The number of hydrogen-bond acceptors (Lipinski definition) is 1. The van der Waals surface area contributed by atoms with Crippen molar-refractivity contribution in [2.24, 2.45) is 0 Å². The van der Waals surface area contributed by atoms with Crippen LogP contribution >= 0.6 is 0 Å². The smallest absolute Gasteiger partial charge is 0.0175 e. The molecule has 1 aliphatic heterocycles. The molecule has 0 bridgehead atoms. The van der Waals surface area contributed by atoms with Crippen LogP contribution in [0.3, 0.4) is 0 Å². The molecule has 2 rings (SSSR count). The summed E-state index contributed by atoms with van der Waals surface area (Å²) in [5.41, 5.74) is 3.37. The molecule has 1 aliphatic carbocycles. The Hall–Kier alpha value is -0.460. The van der Waals surface area contributed by atoms with Gasteiger partial charge in [0, 0.05) is 18.8 Å². The van der Waals surface area contributed by atoms with Crippen molar-refractivity contribution < 1.29 is 0 Å². The van der Waals surface area contributed by atoms with Crippen molar-refractivity contribution in [2.45, 2.75) is 51.9 Å². The Bertz CT molecular complexity index is 199. The van der Waals surface area contributed by atoms with Crippen molar-refractivity contribution >= 4 is 0 Å². The third-order valence-electron chi connectivity index (χ3n) is 3.45. The fourth-order valence-corrected chi connectivity index (χ4v) is 2.63. The molecule has 0 atom stereocenters. The fraction of sp³-hybridized carbons (Fsp3) is 0.833. The lowest BCUT2D eigenvalue weighted by Gasteiger charge is -2.34. The second-order valence-corrected chi connectivity index (χ2v) is 4.48. The molecular weight excluding hydrogens is 158 g/mol. The van der Waals surface area contributed by atoms with Crippen LogP contribution < -0.4 is 0 Å². The van der Waals surface area contributed by atoms with Crippen LogP contribution in [0.2, 0.25) is 0 Å². The highest BCUT2D eigenvalue weighted by Gasteiger charge is 2.17. The normalized spacial score (nSPS) is 25.2. The van der Waals surface area contributed by atoms with E-state index in [1.807, 2.05) is 0 Å². The Balaban J connectivity index is 2.04. The Kier molecular flexibility index (Phi) is 2.92. The van der Waals surface area contributed by atoms with Crippen LogP contribution in [0.15, 0.2) is 11.3 Å². The van der Waals surface area contributed by atoms with E-state index >= 15 is 0 Å². The largest absolute Gasteiger partial charge is 0.375 e. The summed E-state index contributed by atoms with van der Waals surface area (Å²) in [5.74, 6) is 0. The minimum atomic E-state index is 1.33. The third-order valence-corrected chi connectivity index (χ3v) is 3.45. The zero-order valence-electron chi connectivity index (χ0n) is 8.81. The molecule has 0 radical (unpaired) electrons. The van der Waals surface area contributed by atoms with Gasteiger partial charge in [0.25, 0.3) is 0 Å². The van der Waals surface area contributed by atoms with Crippen LogP contribution in [0.25, 0.3) is 0 Å². The molecule has 1 heteroatoms. The molecule has 1 heterocycles. The minimum absolute atomic E-state index is 1.33. The SMILES string of the molecule is CC1=C(N2CCCCC2)CCCC1. The minimum Gasteiger partial charge on any atom is -0.375 e. The van der Waals surface area contributed by atoms with Crippen molar-refractivity contribution in [1.82, 2.24) is 4.90 Å². The van der Waals surface area contributed by atoms with Gasteiger partial charge in [-0.05, 0) is 51.9 Å². The summed E-state index contributed by atoms with van der Waals surface area (Å²) < 4.78 is 0. The van der Waals surface area contributed by atoms with Crippen molar-refractivity contribution in [2.75, 3.05) is 13.1 Å². The Labute approximate surface area is 81.8 Å². The number of rotatable bonds is 1. The first-order chi connectivity index (χ1) is 6.38. The molecule has 0 spiro atoms. The Morgan fingerprint density at radius 3 is 2.23 bits per heavy atom. The van der Waals surface area contributed by atoms with E-state index < -0.39 is 0 Å². The lowest BCUT2D eigenvalue weighted by molar-refractivity contribution is 0.267. The summed E-state index contributed by atoms with van der Waals surface area (Å²) >= 11 is 0. The van der Waals surface area contributed by atoms with E-state index in [0.717, 1.165) is 0 Å². The quantitative estimate of drug-likeness (QED) is 0.597. The Morgan fingerprint density at radius 2 is 1.54 bits per heavy atom. The molecule has 0 amide bonds. The Morgan fingerprint density at radius 1 is 0.846 bits per heavy atom. The molecule has 0 saturated carbocycles. The summed E-state index contributed by atoms with van der Waals surface area (Å²) in [5, 5.41) is 0. The number of allylic oxidation sites excluding steroid dienone is 2. The van der Waals surface area contributed by atoms with Crippen LogP contribution in [0.1, 0.15) is 51.9 Å². The van der Waals surface area contributed by atoms with Crippen molar-refractivity contribution in [3.05, 3.63) is 11.3 Å². The molecular formula is C12H21N. The maximum atomic E-state index is 2.65. The topological polar surface area (TPSA) is 3.24 Å². The molecule has 2 aliphatic rings. The standard InChI is InChI=1S/C12H21N/c1-11-7-3-4-8-12(11)13-9-5-2-6-10-13/h2-10H2,1H3. The average molecular weight is 179 g/mol. The molecule has 1 saturated heterocycles. The van der Waals surface area contributed by atoms with Crippen molar-refractivity contribution in [3.8, 4) is 0 Å². The van der Waals surface area contributed by atoms with Crippen molar-refractivity contribution in [3.63, 3.8) is 0 Å². The van der Waals surface area contributed by atoms with E-state index in [4.69, 9.17) is 0 Å². The van der Waals surface area contributed by atoms with Crippen LogP contribution in [0.5, 0.6) is 0 Å². The molecule has 0 aromatic heterocycles. The molecule has 0 aromatic rings. The third kappa shape index (κ3) is 2.07. The van der Waals surface area contributed by atoms with Crippen LogP contribution in [-0.2, 0) is 0 Å². The molecule has 1 fully saturated rings. The van der Waals surface area contributed by atoms with Gasteiger partial charge >= 0.3 is 0 Å². The van der Waals surface area contributed by atoms with E-state index in [1.54, 1.807) is 11.3 Å². The van der Waals surface area contributed by atoms with Crippen LogP contribution in [0.4, 0.5) is 0 Å². The lowest BCUT2D eigenvalue weighted by Crippen LogP contribution is -2.30. The molecule has 13 heavy (non-hydrogen) atoms. The maximum Gasteiger partial charge on any atom is 0.0175 e. The predicted molar refractivity (Wildman–Crippen MR) is 56.6 cm³/mol. The number of piperidine rings is 1. The predicted octanol–water partition coefficient (Wildman–Crippen LogP) is 3.32. The second-order valence-electron chi connectivity index (χ2n) is 4.48. The molecule has 0 aromatic carbocycles. The van der Waals surface area contributed by atoms with E-state index in [0.29, 0.717) is 0 Å². The molecule has 74 valence electrons. The highest BCUT2D eigenvalue weighted by molar-refractivity contribution is 5.14. The summed E-state index contributed by atoms with van der Waals surface area (Å²) in [6.07, 6.45) is 9.82. The van der Waals surface area contributed by atoms with Gasteiger partial charge in [0.2, 0.25) is 0 Å². The van der Waals surface area contributed by atoms with E-state index in [1.165, 1.54) is 58.0 Å². The van der Waals surface area contributed by atoms with E-state index in [9.17, 15) is 0 Å². The van der Waals surface area contributed by atoms with Gasteiger partial charge in [0.1, 0.15) is 0 Å². The van der Waals surface area contributed by atoms with Crippen LogP contribution in [-0.4, -0.2) is 18.0 Å². The second kappa shape index (κ2) is 4.17. The summed E-state index contributed by atoms with van der Waals surface area (Å²) in [6.45, 7) is 4.99. The van der Waals surface area contributed by atoms with Gasteiger partial charge in [-0.2, -0.15) is 0 Å². The first kappa shape index (κ1) is 9.11. The van der Waals surface area contributed by atoms with E-state index in [-0.39, 0.29) is 0 Å². The van der Waals surface area contributed by atoms with Gasteiger partial charge in [-0.15, -0.1) is 0 Å². The fourth-order valence-electron chi connectivity index (χ4n) is 2.63. The lowest BCUT2D eigenvalue weighted by atomic mass is 9.95. The number of nitrogens with zero attached hydrogens (tertiary/aromatic N) is 1. The molecule has 0 N–H and O–H groups in total. The van der Waals surface area contributed by atoms with Gasteiger partial charge < -0.3 is 4.90 Å². The summed E-state index contributed by atoms with van der Waals surface area (Å²) in [6, 6.07) is 0. The average Bonchev–Trinajstić information content (AvgIpc) is 2.20. The number of hydrogen-bond donors (Lipinski definition) is 0. The molecule has 0 unspecified atom stereocenters. The first-order valence-electron chi connectivity index (χ1n) is 5.81. The van der Waals surface area contributed by atoms with Crippen molar-refractivity contribution in [1.29, 1.82) is 0 Å². The van der Waals surface area contributed by atoms with Gasteiger partial charge in [-0.3, -0.25) is 0 Å². The van der Waals surface area contributed by atoms with E-state index in [2.05, 4.69) is 11.8 Å². The van der Waals surface area contributed by atoms with Crippen LogP contribution in [0, 0.1) is 0 Å². The maximum absolute atomic E-state index is 2.65. The zero-order chi connectivity index (χ0) is 9.10. The highest BCUT2D eigenvalue weighted by atomic mass is 15.1. The van der Waals surface area contributed by atoms with Gasteiger partial charge in [-0.1, -0.05) is 5.57 Å². The summed E-state index contributed by atoms with van der Waals surface area (Å²) in [4.78, 5) is 2.65. The van der Waals surface area contributed by atoms with Gasteiger partial charge in [0.15, 0.2) is 0 Å². The summed E-state index contributed by atoms with van der Waals surface area (Å²) in [7, 11) is 0. The molecule has 1 nitrogen and oxygen atoms in total. The monoisotopic (exact) mass is 179 g/mol. The highest BCUT2D eigenvalue weighted by Crippen LogP contribution is 2.28. The van der Waals surface area contributed by atoms with Gasteiger partial charge in [-0.25, -0.2) is 0 Å². The van der Waals surface area contributed by atoms with Gasteiger partial charge in [0.05, 0.1) is 0 Å². The first-order valence-corrected chi connectivity index (χ1v) is 5.81. The zero-order valence-corrected chi connectivity index (χ0v) is 8.81. The number of likely N-dealkylation sites (tertiary alicyclic amines) is 1.